The average Bonchev–Trinajstić information content (AvgIpc) is 2.50. The molecule has 2 aromatic carbocycles. The minimum atomic E-state index is -0.989. The van der Waals surface area contributed by atoms with Gasteiger partial charge in [-0.15, -0.1) is 0 Å². The van der Waals surface area contributed by atoms with E-state index in [9.17, 15) is 19.7 Å². The molecule has 2 N–H and O–H groups in total. The molecular formula is C14H9Cl2N3O4. The van der Waals surface area contributed by atoms with Gasteiger partial charge in [0.05, 0.1) is 15.6 Å². The van der Waals surface area contributed by atoms with E-state index >= 15 is 0 Å². The largest absolute Gasteiger partial charge is 0.318 e. The van der Waals surface area contributed by atoms with Gasteiger partial charge in [0.2, 0.25) is 0 Å². The number of halogens is 2. The Labute approximate surface area is 140 Å². The second-order valence-electron chi connectivity index (χ2n) is 4.34. The van der Waals surface area contributed by atoms with E-state index in [-0.39, 0.29) is 22.1 Å². The van der Waals surface area contributed by atoms with Crippen molar-refractivity contribution >= 4 is 52.1 Å². The monoisotopic (exact) mass is 353 g/mol. The zero-order chi connectivity index (χ0) is 17.0. The van der Waals surface area contributed by atoms with Crippen LogP contribution in [0.4, 0.5) is 17.1 Å². The van der Waals surface area contributed by atoms with Crippen LogP contribution in [0.1, 0.15) is 0 Å². The van der Waals surface area contributed by atoms with Gasteiger partial charge in [-0.2, -0.15) is 0 Å². The summed E-state index contributed by atoms with van der Waals surface area (Å²) in [5, 5.41) is 15.8. The summed E-state index contributed by atoms with van der Waals surface area (Å²) in [6, 6.07) is 9.58. The Hall–Kier alpha value is -2.64. The van der Waals surface area contributed by atoms with E-state index in [1.165, 1.54) is 36.4 Å². The molecular weight excluding hydrogens is 345 g/mol. The third-order valence-electron chi connectivity index (χ3n) is 2.70. The van der Waals surface area contributed by atoms with Crippen LogP contribution in [-0.4, -0.2) is 16.7 Å². The molecule has 0 spiro atoms. The lowest BCUT2D eigenvalue weighted by atomic mass is 10.2. The molecule has 9 heteroatoms. The van der Waals surface area contributed by atoms with Gasteiger partial charge in [0.25, 0.3) is 5.69 Å². The number of nitro groups is 1. The van der Waals surface area contributed by atoms with Crippen LogP contribution < -0.4 is 10.6 Å². The van der Waals surface area contributed by atoms with E-state index in [1.54, 1.807) is 0 Å². The van der Waals surface area contributed by atoms with Crippen LogP contribution >= 0.6 is 23.2 Å². The Kier molecular flexibility index (Phi) is 5.15. The van der Waals surface area contributed by atoms with Crippen LogP contribution in [0.3, 0.4) is 0 Å². The Morgan fingerprint density at radius 2 is 1.70 bits per heavy atom. The number of amides is 2. The molecule has 2 amide bonds. The van der Waals surface area contributed by atoms with Gasteiger partial charge in [-0.1, -0.05) is 29.3 Å². The number of benzene rings is 2. The summed E-state index contributed by atoms with van der Waals surface area (Å²) in [7, 11) is 0. The molecule has 0 bridgehead atoms. The van der Waals surface area contributed by atoms with Crippen LogP contribution in [-0.2, 0) is 9.59 Å². The standard InChI is InChI=1S/C14H9Cl2N3O4/c15-8-4-5-12(11(16)6-8)18-14(21)13(20)17-9-2-1-3-10(7-9)19(22)23/h1-7H,(H,17,20)(H,18,21). The predicted octanol–water partition coefficient (Wildman–Crippen LogP) is 3.48. The van der Waals surface area contributed by atoms with Crippen LogP contribution in [0.15, 0.2) is 42.5 Å². The molecule has 0 aliphatic rings. The fraction of sp³-hybridized carbons (Fsp3) is 0. The van der Waals surface area contributed by atoms with Crippen molar-refractivity contribution in [3.63, 3.8) is 0 Å². The lowest BCUT2D eigenvalue weighted by Crippen LogP contribution is -2.29. The summed E-state index contributed by atoms with van der Waals surface area (Å²) in [4.78, 5) is 33.7. The number of hydrogen-bond donors (Lipinski definition) is 2. The number of nitrogens with one attached hydrogen (secondary N) is 2. The predicted molar refractivity (Wildman–Crippen MR) is 86.8 cm³/mol. The smallest absolute Gasteiger partial charge is 0.314 e. The van der Waals surface area contributed by atoms with Gasteiger partial charge in [-0.05, 0) is 24.3 Å². The SMILES string of the molecule is O=C(Nc1cccc([N+](=O)[O-])c1)C(=O)Nc1ccc(Cl)cc1Cl. The van der Waals surface area contributed by atoms with E-state index < -0.39 is 16.7 Å². The molecule has 2 aromatic rings. The van der Waals surface area contributed by atoms with Crippen LogP contribution in [0.5, 0.6) is 0 Å². The fourth-order valence-electron chi connectivity index (χ4n) is 1.66. The number of nitro benzene ring substituents is 1. The van der Waals surface area contributed by atoms with E-state index in [0.29, 0.717) is 5.02 Å². The minimum Gasteiger partial charge on any atom is -0.318 e. The molecule has 0 unspecified atom stereocenters. The number of rotatable bonds is 3. The Balaban J connectivity index is 2.07. The first kappa shape index (κ1) is 16.7. The van der Waals surface area contributed by atoms with Gasteiger partial charge in [-0.25, -0.2) is 0 Å². The highest BCUT2D eigenvalue weighted by molar-refractivity contribution is 6.45. The first-order valence-electron chi connectivity index (χ1n) is 6.18. The van der Waals surface area contributed by atoms with Crippen molar-refractivity contribution in [3.05, 3.63) is 62.6 Å². The molecule has 0 aliphatic heterocycles. The van der Waals surface area contributed by atoms with Crippen molar-refractivity contribution in [2.75, 3.05) is 10.6 Å². The van der Waals surface area contributed by atoms with Crippen LogP contribution in [0.2, 0.25) is 10.0 Å². The van der Waals surface area contributed by atoms with Gasteiger partial charge in [0.1, 0.15) is 0 Å². The quantitative estimate of drug-likeness (QED) is 0.500. The Bertz CT molecular complexity index is 795. The van der Waals surface area contributed by atoms with E-state index in [2.05, 4.69) is 10.6 Å². The van der Waals surface area contributed by atoms with Gasteiger partial charge in [-0.3, -0.25) is 19.7 Å². The molecule has 118 valence electrons. The third-order valence-corrected chi connectivity index (χ3v) is 3.25. The molecule has 7 nitrogen and oxygen atoms in total. The van der Waals surface area contributed by atoms with Crippen molar-refractivity contribution in [1.29, 1.82) is 0 Å². The van der Waals surface area contributed by atoms with Crippen molar-refractivity contribution in [3.8, 4) is 0 Å². The summed E-state index contributed by atoms with van der Waals surface area (Å²) < 4.78 is 0. The van der Waals surface area contributed by atoms with Crippen LogP contribution in [0, 0.1) is 10.1 Å². The molecule has 0 radical (unpaired) electrons. The number of nitrogens with zero attached hydrogens (tertiary/aromatic N) is 1. The summed E-state index contributed by atoms with van der Waals surface area (Å²) in [6.07, 6.45) is 0. The molecule has 0 aliphatic carbocycles. The summed E-state index contributed by atoms with van der Waals surface area (Å²) in [5.41, 5.74) is 0.140. The molecule has 0 heterocycles. The van der Waals surface area contributed by atoms with E-state index in [0.717, 1.165) is 6.07 Å². The number of carbonyl (C=O) groups is 2. The van der Waals surface area contributed by atoms with E-state index in [4.69, 9.17) is 23.2 Å². The maximum atomic E-state index is 11.8. The highest BCUT2D eigenvalue weighted by Crippen LogP contribution is 2.25. The maximum absolute atomic E-state index is 11.8. The number of hydrogen-bond acceptors (Lipinski definition) is 4. The highest BCUT2D eigenvalue weighted by Gasteiger charge is 2.16. The maximum Gasteiger partial charge on any atom is 0.314 e. The lowest BCUT2D eigenvalue weighted by molar-refractivity contribution is -0.384. The van der Waals surface area contributed by atoms with Crippen molar-refractivity contribution in [2.45, 2.75) is 0 Å². The molecule has 0 saturated heterocycles. The molecule has 0 aromatic heterocycles. The first-order chi connectivity index (χ1) is 10.9. The van der Waals surface area contributed by atoms with Crippen molar-refractivity contribution in [1.82, 2.24) is 0 Å². The Morgan fingerprint density at radius 1 is 1.00 bits per heavy atom. The van der Waals surface area contributed by atoms with Gasteiger partial charge >= 0.3 is 11.8 Å². The summed E-state index contributed by atoms with van der Waals surface area (Å²) >= 11 is 11.6. The van der Waals surface area contributed by atoms with Gasteiger partial charge in [0.15, 0.2) is 0 Å². The zero-order valence-electron chi connectivity index (χ0n) is 11.4. The van der Waals surface area contributed by atoms with Crippen LogP contribution in [0.25, 0.3) is 0 Å². The molecule has 0 saturated carbocycles. The molecule has 0 atom stereocenters. The first-order valence-corrected chi connectivity index (χ1v) is 6.94. The molecule has 2 rings (SSSR count). The van der Waals surface area contributed by atoms with E-state index in [1.807, 2.05) is 0 Å². The number of non-ortho nitro benzene ring substituents is 1. The molecule has 0 fully saturated rings. The second-order valence-corrected chi connectivity index (χ2v) is 5.18. The second kappa shape index (κ2) is 7.08. The average molecular weight is 354 g/mol. The lowest BCUT2D eigenvalue weighted by Gasteiger charge is -2.08. The molecule has 23 heavy (non-hydrogen) atoms. The number of anilines is 2. The summed E-state index contributed by atoms with van der Waals surface area (Å²) in [6.45, 7) is 0. The van der Waals surface area contributed by atoms with Gasteiger partial charge in [0, 0.05) is 22.8 Å². The fourth-order valence-corrected chi connectivity index (χ4v) is 2.11. The van der Waals surface area contributed by atoms with Crippen molar-refractivity contribution < 1.29 is 14.5 Å². The normalized spacial score (nSPS) is 10.0. The highest BCUT2D eigenvalue weighted by atomic mass is 35.5. The zero-order valence-corrected chi connectivity index (χ0v) is 12.9. The third kappa shape index (κ3) is 4.41. The summed E-state index contributed by atoms with van der Waals surface area (Å²) in [5.74, 6) is -1.96. The minimum absolute atomic E-state index is 0.126. The van der Waals surface area contributed by atoms with Crippen molar-refractivity contribution in [2.24, 2.45) is 0 Å². The van der Waals surface area contributed by atoms with Gasteiger partial charge < -0.3 is 10.6 Å². The Morgan fingerprint density at radius 3 is 2.35 bits per heavy atom. The number of carbonyl (C=O) groups excluding carboxylic acids is 2. The topological polar surface area (TPSA) is 101 Å².